The topological polar surface area (TPSA) is 69.7 Å². The van der Waals surface area contributed by atoms with Crippen LogP contribution >= 0.6 is 0 Å². The minimum atomic E-state index is -0.705. The molecule has 0 saturated carbocycles. The first kappa shape index (κ1) is 16.2. The third-order valence-corrected chi connectivity index (χ3v) is 4.55. The summed E-state index contributed by atoms with van der Waals surface area (Å²) in [6, 6.07) is 4.65. The lowest BCUT2D eigenvalue weighted by molar-refractivity contribution is -0.122. The number of likely N-dealkylation sites (tertiary alicyclic amines) is 1. The third-order valence-electron chi connectivity index (χ3n) is 4.55. The van der Waals surface area contributed by atoms with E-state index in [-0.39, 0.29) is 5.57 Å². The van der Waals surface area contributed by atoms with Crippen molar-refractivity contribution in [1.29, 1.82) is 0 Å². The third kappa shape index (κ3) is 3.04. The van der Waals surface area contributed by atoms with E-state index in [2.05, 4.69) is 5.32 Å². The number of piperidine rings is 1. The maximum absolute atomic E-state index is 12.8. The maximum Gasteiger partial charge on any atom is 0.335 e. The zero-order valence-electron chi connectivity index (χ0n) is 14.0. The lowest BCUT2D eigenvalue weighted by atomic mass is 10.1. The molecule has 2 saturated heterocycles. The van der Waals surface area contributed by atoms with Crippen molar-refractivity contribution in [1.82, 2.24) is 10.2 Å². The molecule has 24 heavy (non-hydrogen) atoms. The number of benzene rings is 1. The Balaban J connectivity index is 1.93. The summed E-state index contributed by atoms with van der Waals surface area (Å²) in [6.07, 6.45) is 4.84. The first-order valence-electron chi connectivity index (χ1n) is 8.20. The number of carbonyl (C=O) groups is 3. The van der Waals surface area contributed by atoms with Crippen molar-refractivity contribution >= 4 is 23.5 Å². The number of hydrogen-bond donors (Lipinski definition) is 1. The van der Waals surface area contributed by atoms with Gasteiger partial charge in [0, 0.05) is 19.3 Å². The Hall–Kier alpha value is -2.63. The molecule has 6 nitrogen and oxygen atoms in total. The highest BCUT2D eigenvalue weighted by Gasteiger charge is 2.37. The molecule has 2 aliphatic rings. The second-order valence-electron chi connectivity index (χ2n) is 6.31. The summed E-state index contributed by atoms with van der Waals surface area (Å²) in [7, 11) is 0. The van der Waals surface area contributed by atoms with E-state index < -0.39 is 17.8 Å². The van der Waals surface area contributed by atoms with Crippen LogP contribution < -0.4 is 10.2 Å². The van der Waals surface area contributed by atoms with Gasteiger partial charge in [-0.3, -0.25) is 14.9 Å². The van der Waals surface area contributed by atoms with Gasteiger partial charge in [0.05, 0.1) is 5.69 Å². The maximum atomic E-state index is 12.8. The van der Waals surface area contributed by atoms with Gasteiger partial charge in [0.15, 0.2) is 0 Å². The van der Waals surface area contributed by atoms with E-state index in [0.717, 1.165) is 48.4 Å². The van der Waals surface area contributed by atoms with Gasteiger partial charge >= 0.3 is 6.03 Å². The Bertz CT molecular complexity index is 733. The number of anilines is 1. The summed E-state index contributed by atoms with van der Waals surface area (Å²) in [6.45, 7) is 5.52. The smallest absolute Gasteiger partial charge is 0.335 e. The van der Waals surface area contributed by atoms with Crippen molar-refractivity contribution in [3.8, 4) is 0 Å². The van der Waals surface area contributed by atoms with Crippen LogP contribution in [0, 0.1) is 13.8 Å². The summed E-state index contributed by atoms with van der Waals surface area (Å²) < 4.78 is 0. The molecule has 4 amide bonds. The van der Waals surface area contributed by atoms with Crippen LogP contribution in [0.5, 0.6) is 0 Å². The molecule has 0 radical (unpaired) electrons. The molecule has 2 aliphatic heterocycles. The Morgan fingerprint density at radius 1 is 1.00 bits per heavy atom. The number of imide groups is 2. The predicted octanol–water partition coefficient (Wildman–Crippen LogP) is 2.26. The minimum absolute atomic E-state index is 0.00901. The lowest BCUT2D eigenvalue weighted by Crippen LogP contribution is -2.55. The molecule has 1 aromatic carbocycles. The van der Waals surface area contributed by atoms with Gasteiger partial charge in [-0.2, -0.15) is 0 Å². The quantitative estimate of drug-likeness (QED) is 0.668. The number of amides is 4. The molecule has 1 aromatic rings. The number of hydrogen-bond acceptors (Lipinski definition) is 4. The lowest BCUT2D eigenvalue weighted by Gasteiger charge is -2.30. The van der Waals surface area contributed by atoms with Gasteiger partial charge in [-0.25, -0.2) is 9.69 Å². The van der Waals surface area contributed by atoms with E-state index in [1.54, 1.807) is 18.3 Å². The molecule has 2 fully saturated rings. The SMILES string of the molecule is Cc1ccc(N2C(=O)NC(=O)C(=CN3CCCCC3)C2=O)cc1C. The molecule has 0 atom stereocenters. The molecule has 0 bridgehead atoms. The fourth-order valence-electron chi connectivity index (χ4n) is 2.97. The number of nitrogens with zero attached hydrogens (tertiary/aromatic N) is 2. The second-order valence-corrected chi connectivity index (χ2v) is 6.31. The number of carbonyl (C=O) groups excluding carboxylic acids is 3. The van der Waals surface area contributed by atoms with Gasteiger partial charge in [-0.05, 0) is 56.4 Å². The van der Waals surface area contributed by atoms with E-state index in [0.29, 0.717) is 5.69 Å². The van der Waals surface area contributed by atoms with Crippen LogP contribution in [0.3, 0.4) is 0 Å². The molecule has 0 aromatic heterocycles. The molecule has 0 unspecified atom stereocenters. The highest BCUT2D eigenvalue weighted by Crippen LogP contribution is 2.23. The van der Waals surface area contributed by atoms with Crippen molar-refractivity contribution in [3.05, 3.63) is 41.1 Å². The van der Waals surface area contributed by atoms with Gasteiger partial charge in [0.25, 0.3) is 11.8 Å². The zero-order valence-corrected chi connectivity index (χ0v) is 14.0. The summed E-state index contributed by atoms with van der Waals surface area (Å²) in [5.74, 6) is -1.20. The zero-order chi connectivity index (χ0) is 17.3. The summed E-state index contributed by atoms with van der Waals surface area (Å²) in [5.41, 5.74) is 2.53. The molecule has 0 spiro atoms. The fourth-order valence-corrected chi connectivity index (χ4v) is 2.97. The van der Waals surface area contributed by atoms with Gasteiger partial charge in [-0.1, -0.05) is 6.07 Å². The van der Waals surface area contributed by atoms with Crippen LogP contribution in [0.4, 0.5) is 10.5 Å². The summed E-state index contributed by atoms with van der Waals surface area (Å²) in [5, 5.41) is 2.26. The summed E-state index contributed by atoms with van der Waals surface area (Å²) >= 11 is 0. The van der Waals surface area contributed by atoms with Crippen LogP contribution in [0.1, 0.15) is 30.4 Å². The van der Waals surface area contributed by atoms with Crippen molar-refractivity contribution in [3.63, 3.8) is 0 Å². The second kappa shape index (κ2) is 6.47. The number of aryl methyl sites for hydroxylation is 2. The molecule has 126 valence electrons. The molecular weight excluding hydrogens is 306 g/mol. The van der Waals surface area contributed by atoms with Gasteiger partial charge in [-0.15, -0.1) is 0 Å². The highest BCUT2D eigenvalue weighted by atomic mass is 16.2. The Morgan fingerprint density at radius 3 is 2.38 bits per heavy atom. The number of urea groups is 1. The van der Waals surface area contributed by atoms with Crippen LogP contribution in [-0.2, 0) is 9.59 Å². The number of nitrogens with one attached hydrogen (secondary N) is 1. The fraction of sp³-hybridized carbons (Fsp3) is 0.389. The molecule has 1 N–H and O–H groups in total. The van der Waals surface area contributed by atoms with Crippen molar-refractivity contribution in [2.75, 3.05) is 18.0 Å². The first-order valence-corrected chi connectivity index (χ1v) is 8.20. The normalized spacial score (nSPS) is 20.6. The van der Waals surface area contributed by atoms with E-state index in [1.165, 1.54) is 0 Å². The minimum Gasteiger partial charge on any atom is -0.377 e. The van der Waals surface area contributed by atoms with Gasteiger partial charge in [0.1, 0.15) is 5.57 Å². The van der Waals surface area contributed by atoms with E-state index >= 15 is 0 Å². The summed E-state index contributed by atoms with van der Waals surface area (Å²) in [4.78, 5) is 40.1. The van der Waals surface area contributed by atoms with Crippen molar-refractivity contribution in [2.24, 2.45) is 0 Å². The number of barbiturate groups is 1. The molecule has 6 heteroatoms. The van der Waals surface area contributed by atoms with Crippen LogP contribution in [-0.4, -0.2) is 35.8 Å². The van der Waals surface area contributed by atoms with Crippen molar-refractivity contribution in [2.45, 2.75) is 33.1 Å². The predicted molar refractivity (Wildman–Crippen MR) is 90.4 cm³/mol. The standard InChI is InChI=1S/C18H21N3O3/c1-12-6-7-14(10-13(12)2)21-17(23)15(16(22)19-18(21)24)11-20-8-4-3-5-9-20/h6-7,10-11H,3-5,8-9H2,1-2H3,(H,19,22,24). The Kier molecular flexibility index (Phi) is 4.38. The van der Waals surface area contributed by atoms with E-state index in [9.17, 15) is 14.4 Å². The van der Waals surface area contributed by atoms with Crippen LogP contribution in [0.25, 0.3) is 0 Å². The molecule has 0 aliphatic carbocycles. The van der Waals surface area contributed by atoms with Gasteiger partial charge in [0.2, 0.25) is 0 Å². The largest absolute Gasteiger partial charge is 0.377 e. The van der Waals surface area contributed by atoms with E-state index in [4.69, 9.17) is 0 Å². The molecule has 2 heterocycles. The highest BCUT2D eigenvalue weighted by molar-refractivity contribution is 6.37. The average Bonchev–Trinajstić information content (AvgIpc) is 2.55. The first-order chi connectivity index (χ1) is 11.5. The Labute approximate surface area is 141 Å². The van der Waals surface area contributed by atoms with Crippen LogP contribution in [0.15, 0.2) is 30.0 Å². The monoisotopic (exact) mass is 327 g/mol. The van der Waals surface area contributed by atoms with Crippen LogP contribution in [0.2, 0.25) is 0 Å². The average molecular weight is 327 g/mol. The van der Waals surface area contributed by atoms with E-state index in [1.807, 2.05) is 24.8 Å². The molecule has 3 rings (SSSR count). The number of rotatable bonds is 2. The van der Waals surface area contributed by atoms with Crippen molar-refractivity contribution < 1.29 is 14.4 Å². The van der Waals surface area contributed by atoms with Gasteiger partial charge < -0.3 is 4.90 Å². The molecular formula is C18H21N3O3. The Morgan fingerprint density at radius 2 is 1.71 bits per heavy atom.